The molecule has 0 aromatic carbocycles. The minimum absolute atomic E-state index is 0.504. The van der Waals surface area contributed by atoms with Crippen LogP contribution in [0.4, 0.5) is 5.69 Å². The van der Waals surface area contributed by atoms with E-state index in [-0.39, 0.29) is 0 Å². The van der Waals surface area contributed by atoms with Crippen LogP contribution in [0.3, 0.4) is 0 Å². The van der Waals surface area contributed by atoms with Crippen LogP contribution in [0.15, 0.2) is 35.1 Å². The predicted octanol–water partition coefficient (Wildman–Crippen LogP) is 1.42. The standard InChI is InChI=1S/C9H7BrN2O3/c10-7-5-6(3-4-11-7)12-8(13)1-2-9(14)15/h1-5H,(H,14,15)(H,11,12,13)/b2-1-. The molecule has 0 fully saturated rings. The first kappa shape index (κ1) is 11.4. The summed E-state index contributed by atoms with van der Waals surface area (Å²) in [4.78, 5) is 25.1. The van der Waals surface area contributed by atoms with Gasteiger partial charge in [0.2, 0.25) is 5.91 Å². The highest BCUT2D eigenvalue weighted by Gasteiger charge is 1.99. The number of aromatic nitrogens is 1. The van der Waals surface area contributed by atoms with Crippen LogP contribution in [-0.4, -0.2) is 22.0 Å². The van der Waals surface area contributed by atoms with E-state index in [2.05, 4.69) is 26.2 Å². The average Bonchev–Trinajstić information content (AvgIpc) is 2.15. The third-order valence-corrected chi connectivity index (χ3v) is 1.81. The van der Waals surface area contributed by atoms with Gasteiger partial charge < -0.3 is 10.4 Å². The molecule has 1 heterocycles. The highest BCUT2D eigenvalue weighted by Crippen LogP contribution is 2.12. The number of halogens is 1. The summed E-state index contributed by atoms with van der Waals surface area (Å²) < 4.78 is 0.586. The number of carbonyl (C=O) groups is 2. The molecule has 0 aliphatic carbocycles. The molecule has 0 aliphatic heterocycles. The number of pyridine rings is 1. The van der Waals surface area contributed by atoms with E-state index < -0.39 is 11.9 Å². The monoisotopic (exact) mass is 270 g/mol. The molecule has 1 aromatic heterocycles. The number of hydrogen-bond donors (Lipinski definition) is 2. The van der Waals surface area contributed by atoms with Crippen LogP contribution >= 0.6 is 15.9 Å². The Labute approximate surface area is 94.0 Å². The van der Waals surface area contributed by atoms with Gasteiger partial charge in [0.25, 0.3) is 0 Å². The maximum Gasteiger partial charge on any atom is 0.328 e. The summed E-state index contributed by atoms with van der Waals surface area (Å²) in [6.07, 6.45) is 3.23. The topological polar surface area (TPSA) is 79.3 Å². The predicted molar refractivity (Wildman–Crippen MR) is 57.3 cm³/mol. The quantitative estimate of drug-likeness (QED) is 0.643. The van der Waals surface area contributed by atoms with Crippen molar-refractivity contribution in [1.29, 1.82) is 0 Å². The van der Waals surface area contributed by atoms with Crippen molar-refractivity contribution < 1.29 is 14.7 Å². The van der Waals surface area contributed by atoms with Gasteiger partial charge in [-0.2, -0.15) is 0 Å². The molecule has 78 valence electrons. The van der Waals surface area contributed by atoms with Gasteiger partial charge in [-0.1, -0.05) is 0 Å². The summed E-state index contributed by atoms with van der Waals surface area (Å²) in [5.74, 6) is -1.67. The lowest BCUT2D eigenvalue weighted by Crippen LogP contribution is -2.08. The molecule has 0 bridgehead atoms. The van der Waals surface area contributed by atoms with Crippen LogP contribution in [0, 0.1) is 0 Å². The van der Waals surface area contributed by atoms with Crippen LogP contribution in [0.25, 0.3) is 0 Å². The Balaban J connectivity index is 2.63. The van der Waals surface area contributed by atoms with Crippen LogP contribution < -0.4 is 5.32 Å². The minimum Gasteiger partial charge on any atom is -0.478 e. The first-order valence-electron chi connectivity index (χ1n) is 3.91. The van der Waals surface area contributed by atoms with Crippen molar-refractivity contribution in [3.8, 4) is 0 Å². The smallest absolute Gasteiger partial charge is 0.328 e. The number of rotatable bonds is 3. The summed E-state index contributed by atoms with van der Waals surface area (Å²) in [5.41, 5.74) is 0.539. The van der Waals surface area contributed by atoms with Gasteiger partial charge in [0.1, 0.15) is 4.60 Å². The molecular weight excluding hydrogens is 264 g/mol. The first-order valence-corrected chi connectivity index (χ1v) is 4.71. The van der Waals surface area contributed by atoms with E-state index in [4.69, 9.17) is 5.11 Å². The molecule has 0 saturated carbocycles. The molecule has 0 unspecified atom stereocenters. The summed E-state index contributed by atoms with van der Waals surface area (Å²) in [6.45, 7) is 0. The van der Waals surface area contributed by atoms with Gasteiger partial charge in [0.15, 0.2) is 0 Å². The van der Waals surface area contributed by atoms with Crippen molar-refractivity contribution in [2.45, 2.75) is 0 Å². The SMILES string of the molecule is O=C(O)/C=C\C(=O)Nc1ccnc(Br)c1. The molecule has 5 nitrogen and oxygen atoms in total. The number of aliphatic carboxylic acids is 1. The van der Waals surface area contributed by atoms with Crippen LogP contribution in [0.2, 0.25) is 0 Å². The Morgan fingerprint density at radius 1 is 1.47 bits per heavy atom. The highest BCUT2D eigenvalue weighted by atomic mass is 79.9. The van der Waals surface area contributed by atoms with Crippen molar-refractivity contribution in [3.05, 3.63) is 35.1 Å². The number of carboxylic acids is 1. The Morgan fingerprint density at radius 3 is 2.80 bits per heavy atom. The van der Waals surface area contributed by atoms with Crippen molar-refractivity contribution in [3.63, 3.8) is 0 Å². The summed E-state index contributed by atoms with van der Waals surface area (Å²) in [6, 6.07) is 3.20. The van der Waals surface area contributed by atoms with Crippen molar-refractivity contribution >= 4 is 33.5 Å². The third-order valence-electron chi connectivity index (χ3n) is 1.37. The fourth-order valence-corrected chi connectivity index (χ4v) is 1.18. The van der Waals surface area contributed by atoms with Crippen LogP contribution in [0.5, 0.6) is 0 Å². The molecule has 0 spiro atoms. The van der Waals surface area contributed by atoms with E-state index >= 15 is 0 Å². The first-order chi connectivity index (χ1) is 7.08. The number of amides is 1. The summed E-state index contributed by atoms with van der Waals surface area (Å²) in [5, 5.41) is 10.8. The Kier molecular flexibility index (Phi) is 3.99. The zero-order valence-electron chi connectivity index (χ0n) is 7.48. The van der Waals surface area contributed by atoms with E-state index in [1.807, 2.05) is 0 Å². The van der Waals surface area contributed by atoms with Gasteiger partial charge in [-0.3, -0.25) is 4.79 Å². The zero-order valence-corrected chi connectivity index (χ0v) is 9.06. The van der Waals surface area contributed by atoms with E-state index in [0.717, 1.165) is 12.2 Å². The third kappa shape index (κ3) is 4.37. The van der Waals surface area contributed by atoms with E-state index in [9.17, 15) is 9.59 Å². The van der Waals surface area contributed by atoms with Gasteiger partial charge in [-0.05, 0) is 28.1 Å². The Bertz CT molecular complexity index is 418. The van der Waals surface area contributed by atoms with E-state index in [0.29, 0.717) is 10.3 Å². The number of nitrogens with one attached hydrogen (secondary N) is 1. The normalized spacial score (nSPS) is 10.2. The molecule has 0 radical (unpaired) electrons. The average molecular weight is 271 g/mol. The second kappa shape index (κ2) is 5.26. The van der Waals surface area contributed by atoms with Gasteiger partial charge in [0, 0.05) is 24.0 Å². The summed E-state index contributed by atoms with van der Waals surface area (Å²) >= 11 is 3.14. The maximum atomic E-state index is 11.1. The number of carboxylic acid groups (broad SMARTS) is 1. The molecule has 1 amide bonds. The second-order valence-electron chi connectivity index (χ2n) is 2.53. The second-order valence-corrected chi connectivity index (χ2v) is 3.34. The molecule has 6 heteroatoms. The molecule has 0 atom stereocenters. The highest BCUT2D eigenvalue weighted by molar-refractivity contribution is 9.10. The fraction of sp³-hybridized carbons (Fsp3) is 0. The van der Waals surface area contributed by atoms with Gasteiger partial charge >= 0.3 is 5.97 Å². The lowest BCUT2D eigenvalue weighted by atomic mass is 10.4. The molecule has 0 saturated heterocycles. The van der Waals surface area contributed by atoms with Crippen molar-refractivity contribution in [1.82, 2.24) is 4.98 Å². The Hall–Kier alpha value is -1.69. The summed E-state index contributed by atoms with van der Waals surface area (Å²) in [7, 11) is 0. The van der Waals surface area contributed by atoms with Crippen LogP contribution in [-0.2, 0) is 9.59 Å². The lowest BCUT2D eigenvalue weighted by Gasteiger charge is -2.00. The molecular formula is C9H7BrN2O3. The van der Waals surface area contributed by atoms with Crippen molar-refractivity contribution in [2.75, 3.05) is 5.32 Å². The molecule has 2 N–H and O–H groups in total. The van der Waals surface area contributed by atoms with Crippen LogP contribution in [0.1, 0.15) is 0 Å². The Morgan fingerprint density at radius 2 is 2.20 bits per heavy atom. The molecule has 15 heavy (non-hydrogen) atoms. The molecule has 0 aliphatic rings. The molecule has 1 aromatic rings. The fourth-order valence-electron chi connectivity index (χ4n) is 0.811. The van der Waals surface area contributed by atoms with Gasteiger partial charge in [-0.25, -0.2) is 9.78 Å². The number of hydrogen-bond acceptors (Lipinski definition) is 3. The van der Waals surface area contributed by atoms with Gasteiger partial charge in [-0.15, -0.1) is 0 Å². The number of carbonyl (C=O) groups excluding carboxylic acids is 1. The minimum atomic E-state index is -1.17. The van der Waals surface area contributed by atoms with E-state index in [1.165, 1.54) is 6.20 Å². The number of anilines is 1. The van der Waals surface area contributed by atoms with E-state index in [1.54, 1.807) is 12.1 Å². The largest absolute Gasteiger partial charge is 0.478 e. The lowest BCUT2D eigenvalue weighted by molar-refractivity contribution is -0.131. The van der Waals surface area contributed by atoms with Crippen molar-refractivity contribution in [2.24, 2.45) is 0 Å². The zero-order chi connectivity index (χ0) is 11.3. The molecule has 1 rings (SSSR count). The maximum absolute atomic E-state index is 11.1. The van der Waals surface area contributed by atoms with Gasteiger partial charge in [0.05, 0.1) is 0 Å². The number of nitrogens with zero attached hydrogens (tertiary/aromatic N) is 1.